The Morgan fingerprint density at radius 3 is 2.68 bits per heavy atom. The van der Waals surface area contributed by atoms with Crippen molar-refractivity contribution in [2.75, 3.05) is 39.9 Å². The third-order valence-corrected chi connectivity index (χ3v) is 2.81. The zero-order chi connectivity index (χ0) is 16.2. The van der Waals surface area contributed by atoms with E-state index in [4.69, 9.17) is 4.74 Å². The Balaban J connectivity index is 2.11. The van der Waals surface area contributed by atoms with Crippen LogP contribution >= 0.6 is 0 Å². The quantitative estimate of drug-likeness (QED) is 0.525. The van der Waals surface area contributed by atoms with E-state index in [-0.39, 0.29) is 30.6 Å². The molecule has 7 heteroatoms. The van der Waals surface area contributed by atoms with Crippen molar-refractivity contribution < 1.29 is 18.7 Å². The van der Waals surface area contributed by atoms with E-state index in [1.54, 1.807) is 19.2 Å². The van der Waals surface area contributed by atoms with Crippen molar-refractivity contribution in [3.63, 3.8) is 0 Å². The average molecular weight is 311 g/mol. The highest BCUT2D eigenvalue weighted by molar-refractivity contribution is 5.85. The molecule has 0 atom stereocenters. The standard InChI is InChI=1S/C15H22FN3O3/c1-22-8-7-17-5-6-18-15(21)11-19-14(20)10-12-3-2-4-13(16)9-12/h2-4,9,17H,5-8,10-11H2,1H3,(H,18,21)(H,19,20). The number of hydrogen-bond acceptors (Lipinski definition) is 4. The molecule has 0 aliphatic rings. The topological polar surface area (TPSA) is 79.5 Å². The van der Waals surface area contributed by atoms with Crippen LogP contribution in [0.25, 0.3) is 0 Å². The summed E-state index contributed by atoms with van der Waals surface area (Å²) in [6, 6.07) is 5.82. The maximum absolute atomic E-state index is 13.0. The van der Waals surface area contributed by atoms with Gasteiger partial charge in [-0.05, 0) is 17.7 Å². The summed E-state index contributed by atoms with van der Waals surface area (Å²) in [6.45, 7) is 2.35. The van der Waals surface area contributed by atoms with E-state index in [0.717, 1.165) is 6.54 Å². The van der Waals surface area contributed by atoms with Gasteiger partial charge in [0, 0.05) is 26.7 Å². The first kappa shape index (κ1) is 18.1. The van der Waals surface area contributed by atoms with Gasteiger partial charge in [-0.2, -0.15) is 0 Å². The van der Waals surface area contributed by atoms with Gasteiger partial charge in [-0.25, -0.2) is 4.39 Å². The molecule has 0 fully saturated rings. The summed E-state index contributed by atoms with van der Waals surface area (Å²) in [5.74, 6) is -0.968. The van der Waals surface area contributed by atoms with Gasteiger partial charge in [0.2, 0.25) is 11.8 Å². The van der Waals surface area contributed by atoms with Crippen molar-refractivity contribution in [3.05, 3.63) is 35.6 Å². The van der Waals surface area contributed by atoms with Gasteiger partial charge >= 0.3 is 0 Å². The first-order valence-electron chi connectivity index (χ1n) is 7.09. The van der Waals surface area contributed by atoms with Gasteiger partial charge < -0.3 is 20.7 Å². The van der Waals surface area contributed by atoms with Crippen molar-refractivity contribution in [2.45, 2.75) is 6.42 Å². The predicted molar refractivity (Wildman–Crippen MR) is 80.9 cm³/mol. The number of amides is 2. The number of halogens is 1. The van der Waals surface area contributed by atoms with Crippen LogP contribution in [-0.4, -0.2) is 51.7 Å². The van der Waals surface area contributed by atoms with Crippen LogP contribution in [0.1, 0.15) is 5.56 Å². The molecular weight excluding hydrogens is 289 g/mol. The van der Waals surface area contributed by atoms with Crippen LogP contribution < -0.4 is 16.0 Å². The van der Waals surface area contributed by atoms with Gasteiger partial charge in [-0.3, -0.25) is 9.59 Å². The molecule has 3 N–H and O–H groups in total. The highest BCUT2D eigenvalue weighted by atomic mass is 19.1. The summed E-state index contributed by atoms with van der Waals surface area (Å²) >= 11 is 0. The van der Waals surface area contributed by atoms with Crippen LogP contribution in [0.2, 0.25) is 0 Å². The van der Waals surface area contributed by atoms with E-state index in [2.05, 4.69) is 16.0 Å². The summed E-state index contributed by atoms with van der Waals surface area (Å²) in [7, 11) is 1.62. The van der Waals surface area contributed by atoms with Crippen molar-refractivity contribution in [1.82, 2.24) is 16.0 Å². The highest BCUT2D eigenvalue weighted by Gasteiger charge is 2.06. The van der Waals surface area contributed by atoms with E-state index in [1.165, 1.54) is 12.1 Å². The van der Waals surface area contributed by atoms with Gasteiger partial charge in [0.1, 0.15) is 5.82 Å². The Hall–Kier alpha value is -1.99. The minimum absolute atomic E-state index is 0.0453. The minimum Gasteiger partial charge on any atom is -0.383 e. The molecule has 0 unspecified atom stereocenters. The third kappa shape index (κ3) is 8.33. The molecule has 0 aliphatic carbocycles. The maximum atomic E-state index is 13.0. The fourth-order valence-electron chi connectivity index (χ4n) is 1.73. The first-order chi connectivity index (χ1) is 10.6. The number of rotatable bonds is 10. The Bertz CT molecular complexity index is 483. The van der Waals surface area contributed by atoms with Crippen LogP contribution in [0.5, 0.6) is 0 Å². The second-order valence-corrected chi connectivity index (χ2v) is 4.68. The zero-order valence-electron chi connectivity index (χ0n) is 12.7. The summed E-state index contributed by atoms with van der Waals surface area (Å²) in [5.41, 5.74) is 0.570. The Kier molecular flexibility index (Phi) is 8.78. The molecule has 0 aromatic heterocycles. The molecule has 1 aromatic rings. The average Bonchev–Trinajstić information content (AvgIpc) is 2.49. The van der Waals surface area contributed by atoms with Crippen LogP contribution in [0, 0.1) is 5.82 Å². The van der Waals surface area contributed by atoms with Gasteiger partial charge in [0.05, 0.1) is 19.6 Å². The molecule has 0 saturated heterocycles. The lowest BCUT2D eigenvalue weighted by atomic mass is 10.1. The molecule has 0 aliphatic heterocycles. The molecule has 1 rings (SSSR count). The number of ether oxygens (including phenoxy) is 1. The fourth-order valence-corrected chi connectivity index (χ4v) is 1.73. The van der Waals surface area contributed by atoms with Crippen molar-refractivity contribution in [2.24, 2.45) is 0 Å². The van der Waals surface area contributed by atoms with E-state index < -0.39 is 0 Å². The van der Waals surface area contributed by atoms with E-state index >= 15 is 0 Å². The molecule has 6 nitrogen and oxygen atoms in total. The molecule has 122 valence electrons. The Morgan fingerprint density at radius 1 is 1.14 bits per heavy atom. The molecule has 22 heavy (non-hydrogen) atoms. The maximum Gasteiger partial charge on any atom is 0.239 e. The summed E-state index contributed by atoms with van der Waals surface area (Å²) in [6.07, 6.45) is 0.0453. The molecule has 0 radical (unpaired) electrons. The first-order valence-corrected chi connectivity index (χ1v) is 7.09. The van der Waals surface area contributed by atoms with E-state index in [1.807, 2.05) is 0 Å². The Morgan fingerprint density at radius 2 is 1.95 bits per heavy atom. The normalized spacial score (nSPS) is 10.3. The molecule has 2 amide bonds. The van der Waals surface area contributed by atoms with Crippen molar-refractivity contribution >= 4 is 11.8 Å². The van der Waals surface area contributed by atoms with Crippen LogP contribution in [0.15, 0.2) is 24.3 Å². The summed E-state index contributed by atoms with van der Waals surface area (Å²) in [5, 5.41) is 8.25. The highest BCUT2D eigenvalue weighted by Crippen LogP contribution is 2.03. The predicted octanol–water partition coefficient (Wildman–Crippen LogP) is -0.163. The second-order valence-electron chi connectivity index (χ2n) is 4.68. The van der Waals surface area contributed by atoms with Gasteiger partial charge in [-0.15, -0.1) is 0 Å². The Labute approximate surface area is 129 Å². The summed E-state index contributed by atoms with van der Waals surface area (Å²) < 4.78 is 17.8. The van der Waals surface area contributed by atoms with Gasteiger partial charge in [0.25, 0.3) is 0 Å². The SMILES string of the molecule is COCCNCCNC(=O)CNC(=O)Cc1cccc(F)c1. The lowest BCUT2D eigenvalue weighted by Gasteiger charge is -2.08. The van der Waals surface area contributed by atoms with E-state index in [0.29, 0.717) is 25.3 Å². The van der Waals surface area contributed by atoms with Crippen molar-refractivity contribution in [3.8, 4) is 0 Å². The van der Waals surface area contributed by atoms with Gasteiger partial charge in [0.15, 0.2) is 0 Å². The molecule has 0 bridgehead atoms. The number of benzene rings is 1. The third-order valence-electron chi connectivity index (χ3n) is 2.81. The summed E-state index contributed by atoms with van der Waals surface area (Å²) in [4.78, 5) is 23.1. The molecule has 0 spiro atoms. The molecule has 0 heterocycles. The molecular formula is C15H22FN3O3. The minimum atomic E-state index is -0.385. The molecule has 0 saturated carbocycles. The van der Waals surface area contributed by atoms with E-state index in [9.17, 15) is 14.0 Å². The number of hydrogen-bond donors (Lipinski definition) is 3. The number of methoxy groups -OCH3 is 1. The fraction of sp³-hybridized carbons (Fsp3) is 0.467. The lowest BCUT2D eigenvalue weighted by molar-refractivity contribution is -0.125. The van der Waals surface area contributed by atoms with Gasteiger partial charge in [-0.1, -0.05) is 12.1 Å². The van der Waals surface area contributed by atoms with Crippen LogP contribution in [0.3, 0.4) is 0 Å². The monoisotopic (exact) mass is 311 g/mol. The number of nitrogens with one attached hydrogen (secondary N) is 3. The number of carbonyl (C=O) groups is 2. The van der Waals surface area contributed by atoms with Crippen LogP contribution in [0.4, 0.5) is 4.39 Å². The van der Waals surface area contributed by atoms with Crippen molar-refractivity contribution in [1.29, 1.82) is 0 Å². The largest absolute Gasteiger partial charge is 0.383 e. The second kappa shape index (κ2) is 10.7. The molecule has 1 aromatic carbocycles. The van der Waals surface area contributed by atoms with Crippen LogP contribution in [-0.2, 0) is 20.7 Å². The number of carbonyl (C=O) groups excluding carboxylic acids is 2. The lowest BCUT2D eigenvalue weighted by Crippen LogP contribution is -2.40. The zero-order valence-corrected chi connectivity index (χ0v) is 12.7. The smallest absolute Gasteiger partial charge is 0.239 e.